The molecule has 0 bridgehead atoms. The standard InChI is InChI=1S/C14H29NO3/c1-14(2,3)18-10-13(17)8-15-7-11-5-4-6-12(11)9-16/h11-13,15-17H,4-10H2,1-3H3. The van der Waals surface area contributed by atoms with Crippen molar-refractivity contribution in [2.45, 2.75) is 51.7 Å². The number of hydrogen-bond acceptors (Lipinski definition) is 4. The zero-order valence-electron chi connectivity index (χ0n) is 12.0. The first kappa shape index (κ1) is 15.9. The first-order valence-electron chi connectivity index (χ1n) is 7.06. The van der Waals surface area contributed by atoms with Gasteiger partial charge in [-0.25, -0.2) is 0 Å². The van der Waals surface area contributed by atoms with Crippen molar-refractivity contribution in [2.75, 3.05) is 26.3 Å². The average Bonchev–Trinajstić information content (AvgIpc) is 2.73. The van der Waals surface area contributed by atoms with Crippen LogP contribution < -0.4 is 5.32 Å². The Hall–Kier alpha value is -0.160. The molecule has 1 fully saturated rings. The van der Waals surface area contributed by atoms with Crippen LogP contribution in [0.15, 0.2) is 0 Å². The summed E-state index contributed by atoms with van der Waals surface area (Å²) in [6, 6.07) is 0. The van der Waals surface area contributed by atoms with Gasteiger partial charge in [0, 0.05) is 13.2 Å². The van der Waals surface area contributed by atoms with Crippen LogP contribution in [0.1, 0.15) is 40.0 Å². The molecule has 0 radical (unpaired) electrons. The van der Waals surface area contributed by atoms with E-state index in [1.54, 1.807) is 0 Å². The quantitative estimate of drug-likeness (QED) is 0.642. The molecule has 108 valence electrons. The van der Waals surface area contributed by atoms with E-state index in [4.69, 9.17) is 4.74 Å². The van der Waals surface area contributed by atoms with Crippen molar-refractivity contribution in [1.29, 1.82) is 0 Å². The molecule has 0 spiro atoms. The second-order valence-corrected chi connectivity index (χ2v) is 6.37. The van der Waals surface area contributed by atoms with Gasteiger partial charge in [-0.15, -0.1) is 0 Å². The molecule has 0 aromatic carbocycles. The Morgan fingerprint density at radius 1 is 1.28 bits per heavy atom. The summed E-state index contributed by atoms with van der Waals surface area (Å²) in [6.45, 7) is 8.06. The number of nitrogens with one attached hydrogen (secondary N) is 1. The Balaban J connectivity index is 2.10. The molecule has 0 amide bonds. The maximum absolute atomic E-state index is 9.77. The third-order valence-electron chi connectivity index (χ3n) is 3.55. The Morgan fingerprint density at radius 3 is 2.56 bits per heavy atom. The molecule has 0 aliphatic heterocycles. The minimum absolute atomic E-state index is 0.200. The normalized spacial score (nSPS) is 26.5. The van der Waals surface area contributed by atoms with Gasteiger partial charge in [-0.2, -0.15) is 0 Å². The topological polar surface area (TPSA) is 61.7 Å². The van der Waals surface area contributed by atoms with Crippen molar-refractivity contribution >= 4 is 0 Å². The third-order valence-corrected chi connectivity index (χ3v) is 3.55. The molecule has 3 unspecified atom stereocenters. The Labute approximate surface area is 111 Å². The van der Waals surface area contributed by atoms with Gasteiger partial charge in [-0.05, 0) is 52.0 Å². The first-order chi connectivity index (χ1) is 8.42. The van der Waals surface area contributed by atoms with E-state index < -0.39 is 6.10 Å². The van der Waals surface area contributed by atoms with Crippen LogP contribution in [0.4, 0.5) is 0 Å². The van der Waals surface area contributed by atoms with E-state index in [1.165, 1.54) is 12.8 Å². The van der Waals surface area contributed by atoms with Crippen LogP contribution in [0.5, 0.6) is 0 Å². The predicted octanol–water partition coefficient (Wildman–Crippen LogP) is 1.16. The molecule has 0 aromatic heterocycles. The number of aliphatic hydroxyl groups excluding tert-OH is 2. The van der Waals surface area contributed by atoms with Crippen LogP contribution in [0.25, 0.3) is 0 Å². The second-order valence-electron chi connectivity index (χ2n) is 6.37. The van der Waals surface area contributed by atoms with Gasteiger partial charge >= 0.3 is 0 Å². The molecule has 1 saturated carbocycles. The minimum atomic E-state index is -0.460. The van der Waals surface area contributed by atoms with E-state index in [1.807, 2.05) is 20.8 Å². The predicted molar refractivity (Wildman–Crippen MR) is 72.5 cm³/mol. The highest BCUT2D eigenvalue weighted by Gasteiger charge is 2.26. The largest absolute Gasteiger partial charge is 0.396 e. The van der Waals surface area contributed by atoms with Crippen molar-refractivity contribution in [3.8, 4) is 0 Å². The number of aliphatic hydroxyl groups is 2. The summed E-state index contributed by atoms with van der Waals surface area (Å²) >= 11 is 0. The fourth-order valence-electron chi connectivity index (χ4n) is 2.46. The van der Waals surface area contributed by atoms with Gasteiger partial charge in [-0.1, -0.05) is 6.42 Å². The number of rotatable bonds is 7. The van der Waals surface area contributed by atoms with Gasteiger partial charge in [0.15, 0.2) is 0 Å². The van der Waals surface area contributed by atoms with E-state index in [2.05, 4.69) is 5.32 Å². The van der Waals surface area contributed by atoms with Crippen molar-refractivity contribution in [2.24, 2.45) is 11.8 Å². The maximum atomic E-state index is 9.77. The van der Waals surface area contributed by atoms with Crippen molar-refractivity contribution in [1.82, 2.24) is 5.32 Å². The Morgan fingerprint density at radius 2 is 1.94 bits per heavy atom. The van der Waals surface area contributed by atoms with Crippen molar-refractivity contribution in [3.63, 3.8) is 0 Å². The lowest BCUT2D eigenvalue weighted by Crippen LogP contribution is -2.36. The third kappa shape index (κ3) is 6.14. The van der Waals surface area contributed by atoms with Crippen LogP contribution >= 0.6 is 0 Å². The zero-order chi connectivity index (χ0) is 13.6. The molecule has 18 heavy (non-hydrogen) atoms. The average molecular weight is 259 g/mol. The highest BCUT2D eigenvalue weighted by Crippen LogP contribution is 2.30. The lowest BCUT2D eigenvalue weighted by Gasteiger charge is -2.23. The van der Waals surface area contributed by atoms with E-state index >= 15 is 0 Å². The van der Waals surface area contributed by atoms with Crippen molar-refractivity contribution < 1.29 is 14.9 Å². The van der Waals surface area contributed by atoms with Crippen LogP contribution in [-0.2, 0) is 4.74 Å². The molecule has 0 heterocycles. The summed E-state index contributed by atoms with van der Waals surface area (Å²) in [4.78, 5) is 0. The zero-order valence-corrected chi connectivity index (χ0v) is 12.0. The van der Waals surface area contributed by atoms with Gasteiger partial charge in [0.2, 0.25) is 0 Å². The summed E-state index contributed by atoms with van der Waals surface area (Å²) < 4.78 is 5.53. The van der Waals surface area contributed by atoms with Gasteiger partial charge in [0.1, 0.15) is 0 Å². The summed E-state index contributed by atoms with van der Waals surface area (Å²) in [5, 5.41) is 22.3. The van der Waals surface area contributed by atoms with E-state index in [0.717, 1.165) is 13.0 Å². The molecule has 4 heteroatoms. The first-order valence-corrected chi connectivity index (χ1v) is 7.06. The molecular formula is C14H29NO3. The molecule has 4 nitrogen and oxygen atoms in total. The lowest BCUT2D eigenvalue weighted by molar-refractivity contribution is -0.0480. The molecule has 3 N–H and O–H groups in total. The molecule has 3 atom stereocenters. The summed E-state index contributed by atoms with van der Waals surface area (Å²) in [5.74, 6) is 1.01. The summed E-state index contributed by atoms with van der Waals surface area (Å²) in [6.07, 6.45) is 3.08. The van der Waals surface area contributed by atoms with E-state index in [-0.39, 0.29) is 5.60 Å². The maximum Gasteiger partial charge on any atom is 0.0897 e. The SMILES string of the molecule is CC(C)(C)OCC(O)CNCC1CCCC1CO. The molecule has 0 aromatic rings. The Bertz CT molecular complexity index is 228. The van der Waals surface area contributed by atoms with Crippen LogP contribution in [0.3, 0.4) is 0 Å². The summed E-state index contributed by atoms with van der Waals surface area (Å²) in [7, 11) is 0. The number of ether oxygens (including phenoxy) is 1. The highest BCUT2D eigenvalue weighted by atomic mass is 16.5. The Kier molecular flexibility index (Phi) is 6.57. The van der Waals surface area contributed by atoms with Crippen LogP contribution in [0, 0.1) is 11.8 Å². The molecule has 1 rings (SSSR count). The van der Waals surface area contributed by atoms with Gasteiger partial charge in [0.05, 0.1) is 18.3 Å². The van der Waals surface area contributed by atoms with E-state index in [0.29, 0.717) is 31.6 Å². The fraction of sp³-hybridized carbons (Fsp3) is 1.00. The molecule has 0 saturated heterocycles. The number of hydrogen-bond donors (Lipinski definition) is 3. The molecule has 1 aliphatic rings. The van der Waals surface area contributed by atoms with E-state index in [9.17, 15) is 10.2 Å². The van der Waals surface area contributed by atoms with Crippen LogP contribution in [0.2, 0.25) is 0 Å². The van der Waals surface area contributed by atoms with Gasteiger partial charge in [0.25, 0.3) is 0 Å². The van der Waals surface area contributed by atoms with Crippen LogP contribution in [-0.4, -0.2) is 48.2 Å². The monoisotopic (exact) mass is 259 g/mol. The minimum Gasteiger partial charge on any atom is -0.396 e. The second kappa shape index (κ2) is 7.43. The van der Waals surface area contributed by atoms with Gasteiger partial charge in [-0.3, -0.25) is 0 Å². The lowest BCUT2D eigenvalue weighted by atomic mass is 9.97. The molecule has 1 aliphatic carbocycles. The van der Waals surface area contributed by atoms with Gasteiger partial charge < -0.3 is 20.3 Å². The highest BCUT2D eigenvalue weighted by molar-refractivity contribution is 4.79. The molecular weight excluding hydrogens is 230 g/mol. The smallest absolute Gasteiger partial charge is 0.0897 e. The fourth-order valence-corrected chi connectivity index (χ4v) is 2.46. The summed E-state index contributed by atoms with van der Waals surface area (Å²) in [5.41, 5.74) is -0.200. The van der Waals surface area contributed by atoms with Crippen molar-refractivity contribution in [3.05, 3.63) is 0 Å².